The Morgan fingerprint density at radius 2 is 0.548 bits per heavy atom. The average Bonchev–Trinajstić information content (AvgIpc) is 3.58. The minimum Gasteiger partial charge on any atom is -0.462 e. The monoisotopic (exact) mass is 1240 g/mol. The standard InChI is InChI=1S/C65H126O17P2/c1-6-9-12-15-16-17-18-19-20-23-26-29-32-35-40-44-49-63(68)76-55-61(82-65(70)51-46-41-36-33-30-27-24-21-22-25-28-31-34-39-42-47-58(4)5)57-80-84(73,74)78-53-59(66)52-77-83(71,72)79-56-60(81-64(69)50-45-38-14-11-8-3)54-75-62(67)48-43-37-13-10-7-2/h58-61,66H,6-57H2,1-5H3,(H,71,72)(H,73,74)/t59-,60+,61+/m0/s1. The van der Waals surface area contributed by atoms with E-state index in [0.717, 1.165) is 102 Å². The highest BCUT2D eigenvalue weighted by atomic mass is 31.2. The van der Waals surface area contributed by atoms with E-state index in [1.54, 1.807) is 0 Å². The first-order valence-corrected chi connectivity index (χ1v) is 37.1. The van der Waals surface area contributed by atoms with E-state index in [9.17, 15) is 43.2 Å². The van der Waals surface area contributed by atoms with Crippen molar-refractivity contribution in [1.29, 1.82) is 0 Å². The van der Waals surface area contributed by atoms with Crippen LogP contribution in [0.1, 0.15) is 330 Å². The average molecular weight is 1240 g/mol. The Hall–Kier alpha value is -1.94. The molecule has 0 rings (SSSR count). The third-order valence-electron chi connectivity index (χ3n) is 15.0. The van der Waals surface area contributed by atoms with Gasteiger partial charge in [0.15, 0.2) is 12.2 Å². The number of ether oxygens (including phenoxy) is 4. The van der Waals surface area contributed by atoms with E-state index in [-0.39, 0.29) is 25.7 Å². The first-order chi connectivity index (χ1) is 40.5. The summed E-state index contributed by atoms with van der Waals surface area (Å²) < 4.78 is 67.6. The maximum Gasteiger partial charge on any atom is 0.472 e. The van der Waals surface area contributed by atoms with Crippen LogP contribution < -0.4 is 0 Å². The third-order valence-corrected chi connectivity index (χ3v) is 16.9. The molecule has 0 radical (unpaired) electrons. The molecule has 0 aliphatic heterocycles. The second-order valence-electron chi connectivity index (χ2n) is 24.0. The summed E-state index contributed by atoms with van der Waals surface area (Å²) in [4.78, 5) is 71.7. The van der Waals surface area contributed by atoms with Crippen molar-refractivity contribution >= 4 is 39.5 Å². The van der Waals surface area contributed by atoms with Crippen molar-refractivity contribution < 1.29 is 80.2 Å². The van der Waals surface area contributed by atoms with Crippen molar-refractivity contribution in [2.75, 3.05) is 39.6 Å². The van der Waals surface area contributed by atoms with Crippen LogP contribution in [0.25, 0.3) is 0 Å². The van der Waals surface area contributed by atoms with E-state index in [2.05, 4.69) is 34.6 Å². The molecule has 0 aliphatic rings. The molecule has 0 aromatic rings. The fourth-order valence-electron chi connectivity index (χ4n) is 9.76. The summed E-state index contributed by atoms with van der Waals surface area (Å²) >= 11 is 0. The molecule has 84 heavy (non-hydrogen) atoms. The van der Waals surface area contributed by atoms with Crippen LogP contribution in [-0.4, -0.2) is 96.7 Å². The molecule has 5 atom stereocenters. The van der Waals surface area contributed by atoms with Gasteiger partial charge in [-0.15, -0.1) is 0 Å². The molecule has 0 fully saturated rings. The number of phosphoric acid groups is 2. The van der Waals surface area contributed by atoms with Gasteiger partial charge in [-0.1, -0.05) is 279 Å². The largest absolute Gasteiger partial charge is 0.472 e. The van der Waals surface area contributed by atoms with E-state index in [1.807, 2.05) is 0 Å². The summed E-state index contributed by atoms with van der Waals surface area (Å²) in [5.41, 5.74) is 0. The van der Waals surface area contributed by atoms with Gasteiger partial charge in [-0.2, -0.15) is 0 Å². The molecule has 0 saturated carbocycles. The van der Waals surface area contributed by atoms with E-state index in [1.165, 1.54) is 148 Å². The molecule has 0 spiro atoms. The number of phosphoric ester groups is 2. The molecule has 0 aromatic heterocycles. The van der Waals surface area contributed by atoms with E-state index in [0.29, 0.717) is 25.7 Å². The van der Waals surface area contributed by atoms with Crippen molar-refractivity contribution in [2.24, 2.45) is 5.92 Å². The van der Waals surface area contributed by atoms with Gasteiger partial charge >= 0.3 is 39.5 Å². The SMILES string of the molecule is CCCCCCCCCCCCCCCCCCC(=O)OC[C@H](COP(=O)(O)OC[C@@H](O)COP(=O)(O)OC[C@@H](COC(=O)CCCCCCC)OC(=O)CCCCCCC)OC(=O)CCCCCCCCCCCCCCCCCC(C)C. The van der Waals surface area contributed by atoms with Crippen LogP contribution in [0.15, 0.2) is 0 Å². The lowest BCUT2D eigenvalue weighted by molar-refractivity contribution is -0.161. The van der Waals surface area contributed by atoms with E-state index < -0.39 is 97.5 Å². The zero-order chi connectivity index (χ0) is 62.0. The summed E-state index contributed by atoms with van der Waals surface area (Å²) in [6.45, 7) is 7.05. The summed E-state index contributed by atoms with van der Waals surface area (Å²) in [5.74, 6) is -1.35. The molecule has 0 bridgehead atoms. The van der Waals surface area contributed by atoms with Crippen molar-refractivity contribution in [3.63, 3.8) is 0 Å². The van der Waals surface area contributed by atoms with Crippen molar-refractivity contribution in [2.45, 2.75) is 348 Å². The number of hydrogen-bond acceptors (Lipinski definition) is 15. The summed E-state index contributed by atoms with van der Waals surface area (Å²) in [6, 6.07) is 0. The zero-order valence-electron chi connectivity index (χ0n) is 54.0. The van der Waals surface area contributed by atoms with Gasteiger partial charge in [0, 0.05) is 25.7 Å². The quantitative estimate of drug-likeness (QED) is 0.0222. The predicted octanol–water partition coefficient (Wildman–Crippen LogP) is 18.2. The van der Waals surface area contributed by atoms with Crippen LogP contribution in [0, 0.1) is 5.92 Å². The number of aliphatic hydroxyl groups is 1. The molecule has 0 aromatic carbocycles. The number of hydrogen-bond donors (Lipinski definition) is 3. The zero-order valence-corrected chi connectivity index (χ0v) is 55.8. The minimum absolute atomic E-state index is 0.0990. The summed E-state index contributed by atoms with van der Waals surface area (Å²) in [5, 5.41) is 10.5. The molecule has 2 unspecified atom stereocenters. The molecular formula is C65H126O17P2. The van der Waals surface area contributed by atoms with Crippen LogP contribution in [0.2, 0.25) is 0 Å². The van der Waals surface area contributed by atoms with Gasteiger partial charge in [0.05, 0.1) is 26.4 Å². The fourth-order valence-corrected chi connectivity index (χ4v) is 11.3. The molecule has 0 amide bonds. The summed E-state index contributed by atoms with van der Waals surface area (Å²) in [7, 11) is -9.87. The number of rotatable bonds is 65. The van der Waals surface area contributed by atoms with Crippen LogP contribution in [0.4, 0.5) is 0 Å². The van der Waals surface area contributed by atoms with E-state index >= 15 is 0 Å². The first kappa shape index (κ1) is 82.1. The Bertz CT molecular complexity index is 1640. The second-order valence-corrected chi connectivity index (χ2v) is 26.9. The Morgan fingerprint density at radius 1 is 0.321 bits per heavy atom. The van der Waals surface area contributed by atoms with Gasteiger partial charge in [-0.05, 0) is 31.6 Å². The van der Waals surface area contributed by atoms with Gasteiger partial charge in [0.2, 0.25) is 0 Å². The molecule has 0 saturated heterocycles. The number of unbranched alkanes of at least 4 members (excludes halogenated alkanes) is 37. The molecule has 19 heteroatoms. The van der Waals surface area contributed by atoms with Crippen molar-refractivity contribution in [1.82, 2.24) is 0 Å². The number of aliphatic hydroxyl groups excluding tert-OH is 1. The lowest BCUT2D eigenvalue weighted by Gasteiger charge is -2.21. The van der Waals surface area contributed by atoms with Gasteiger partial charge in [0.25, 0.3) is 0 Å². The molecule has 498 valence electrons. The van der Waals surface area contributed by atoms with Crippen LogP contribution in [-0.2, 0) is 65.4 Å². The van der Waals surface area contributed by atoms with Crippen LogP contribution >= 0.6 is 15.6 Å². The lowest BCUT2D eigenvalue weighted by atomic mass is 10.0. The van der Waals surface area contributed by atoms with Gasteiger partial charge in [0.1, 0.15) is 19.3 Å². The topological polar surface area (TPSA) is 237 Å². The Kier molecular flexibility index (Phi) is 57.4. The molecule has 0 heterocycles. The molecule has 0 aliphatic carbocycles. The number of carbonyl (C=O) groups excluding carboxylic acids is 4. The van der Waals surface area contributed by atoms with Gasteiger partial charge in [-0.25, -0.2) is 9.13 Å². The smallest absolute Gasteiger partial charge is 0.462 e. The maximum atomic E-state index is 13.0. The molecular weight excluding hydrogens is 1110 g/mol. The second kappa shape index (κ2) is 58.7. The Labute approximate surface area is 511 Å². The maximum absolute atomic E-state index is 13.0. The highest BCUT2D eigenvalue weighted by Crippen LogP contribution is 2.45. The Balaban J connectivity index is 5.08. The lowest BCUT2D eigenvalue weighted by Crippen LogP contribution is -2.30. The van der Waals surface area contributed by atoms with Gasteiger partial charge < -0.3 is 33.8 Å². The van der Waals surface area contributed by atoms with Crippen LogP contribution in [0.3, 0.4) is 0 Å². The predicted molar refractivity (Wildman–Crippen MR) is 335 cm³/mol. The number of carbonyl (C=O) groups is 4. The Morgan fingerprint density at radius 3 is 0.810 bits per heavy atom. The minimum atomic E-state index is -4.94. The third kappa shape index (κ3) is 59.0. The molecule has 3 N–H and O–H groups in total. The van der Waals surface area contributed by atoms with E-state index in [4.69, 9.17) is 37.0 Å². The van der Waals surface area contributed by atoms with Gasteiger partial charge in [-0.3, -0.25) is 37.3 Å². The van der Waals surface area contributed by atoms with Crippen molar-refractivity contribution in [3.8, 4) is 0 Å². The fraction of sp³-hybridized carbons (Fsp3) is 0.938. The highest BCUT2D eigenvalue weighted by Gasteiger charge is 2.30. The molecule has 17 nitrogen and oxygen atoms in total. The highest BCUT2D eigenvalue weighted by molar-refractivity contribution is 7.47. The first-order valence-electron chi connectivity index (χ1n) is 34.1. The van der Waals surface area contributed by atoms with Crippen molar-refractivity contribution in [3.05, 3.63) is 0 Å². The number of esters is 4. The van der Waals surface area contributed by atoms with Crippen LogP contribution in [0.5, 0.6) is 0 Å². The normalized spacial score (nSPS) is 14.2. The summed E-state index contributed by atoms with van der Waals surface area (Å²) in [6.07, 6.45) is 43.9.